The number of nitro benzene ring substituents is 1. The van der Waals surface area contributed by atoms with Gasteiger partial charge in [-0.05, 0) is 42.7 Å². The van der Waals surface area contributed by atoms with Crippen LogP contribution in [0.25, 0.3) is 6.08 Å². The first-order chi connectivity index (χ1) is 10.9. The van der Waals surface area contributed by atoms with Crippen molar-refractivity contribution < 1.29 is 14.5 Å². The minimum absolute atomic E-state index is 0.0441. The molecule has 116 valence electrons. The SMILES string of the molecule is Cc1cc2c(c(C)c1Cl)C(=O)/C(=C/c1cccc([N+](=O)[O-])c1)O2. The molecule has 0 amide bonds. The summed E-state index contributed by atoms with van der Waals surface area (Å²) in [6.07, 6.45) is 1.50. The molecule has 0 bridgehead atoms. The van der Waals surface area contributed by atoms with Crippen LogP contribution < -0.4 is 4.74 Å². The van der Waals surface area contributed by atoms with Crippen LogP contribution in [-0.4, -0.2) is 10.7 Å². The van der Waals surface area contributed by atoms with E-state index in [9.17, 15) is 14.9 Å². The van der Waals surface area contributed by atoms with Crippen molar-refractivity contribution in [2.75, 3.05) is 0 Å². The van der Waals surface area contributed by atoms with Gasteiger partial charge in [-0.25, -0.2) is 0 Å². The van der Waals surface area contributed by atoms with E-state index in [4.69, 9.17) is 16.3 Å². The summed E-state index contributed by atoms with van der Waals surface area (Å²) < 4.78 is 5.62. The Morgan fingerprint density at radius 3 is 2.70 bits per heavy atom. The van der Waals surface area contributed by atoms with Gasteiger partial charge in [-0.1, -0.05) is 23.7 Å². The summed E-state index contributed by atoms with van der Waals surface area (Å²) in [5.74, 6) is 0.322. The molecule has 3 rings (SSSR count). The Balaban J connectivity index is 2.04. The lowest BCUT2D eigenvalue weighted by Crippen LogP contribution is -2.00. The highest BCUT2D eigenvalue weighted by atomic mass is 35.5. The molecule has 0 saturated heterocycles. The Morgan fingerprint density at radius 1 is 1.26 bits per heavy atom. The number of benzene rings is 2. The van der Waals surface area contributed by atoms with Gasteiger partial charge in [0.1, 0.15) is 5.75 Å². The van der Waals surface area contributed by atoms with Crippen LogP contribution in [0.15, 0.2) is 36.1 Å². The van der Waals surface area contributed by atoms with Crippen LogP contribution in [0.4, 0.5) is 5.69 Å². The summed E-state index contributed by atoms with van der Waals surface area (Å²) in [4.78, 5) is 22.9. The number of nitro groups is 1. The molecule has 0 saturated carbocycles. The molecule has 1 aliphatic heterocycles. The van der Waals surface area contributed by atoms with Crippen molar-refractivity contribution in [1.29, 1.82) is 0 Å². The minimum atomic E-state index is -0.485. The van der Waals surface area contributed by atoms with E-state index in [-0.39, 0.29) is 17.2 Å². The highest BCUT2D eigenvalue weighted by molar-refractivity contribution is 6.33. The average molecular weight is 330 g/mol. The fourth-order valence-electron chi connectivity index (χ4n) is 2.55. The summed E-state index contributed by atoms with van der Waals surface area (Å²) in [6, 6.07) is 7.73. The van der Waals surface area contributed by atoms with Gasteiger partial charge >= 0.3 is 0 Å². The number of ether oxygens (including phenoxy) is 1. The number of carbonyl (C=O) groups is 1. The molecular formula is C17H12ClNO4. The number of Topliss-reactive ketones (excluding diaryl/α,β-unsaturated/α-hetero) is 1. The standard InChI is InChI=1S/C17H12ClNO4/c1-9-6-13-15(10(2)16(9)18)17(20)14(23-13)8-11-4-3-5-12(7-11)19(21)22/h3-8H,1-2H3/b14-8-. The molecular weight excluding hydrogens is 318 g/mol. The van der Waals surface area contributed by atoms with Crippen molar-refractivity contribution in [3.8, 4) is 5.75 Å². The first-order valence-electron chi connectivity index (χ1n) is 6.87. The second kappa shape index (κ2) is 5.52. The zero-order valence-electron chi connectivity index (χ0n) is 12.4. The maximum atomic E-state index is 12.5. The maximum absolute atomic E-state index is 12.5. The Labute approximate surface area is 137 Å². The monoisotopic (exact) mass is 329 g/mol. The third kappa shape index (κ3) is 2.59. The predicted octanol–water partition coefficient (Wildman–Crippen LogP) is 4.48. The van der Waals surface area contributed by atoms with Crippen LogP contribution in [0, 0.1) is 24.0 Å². The lowest BCUT2D eigenvalue weighted by molar-refractivity contribution is -0.384. The Hall–Kier alpha value is -2.66. The first-order valence-corrected chi connectivity index (χ1v) is 7.24. The number of hydrogen-bond acceptors (Lipinski definition) is 4. The fourth-order valence-corrected chi connectivity index (χ4v) is 2.70. The normalized spacial score (nSPS) is 14.7. The van der Waals surface area contributed by atoms with Crippen LogP contribution in [0.1, 0.15) is 27.0 Å². The Bertz CT molecular complexity index is 886. The molecule has 2 aromatic carbocycles. The number of ketones is 1. The van der Waals surface area contributed by atoms with Crippen molar-refractivity contribution in [1.82, 2.24) is 0 Å². The van der Waals surface area contributed by atoms with Gasteiger partial charge < -0.3 is 4.74 Å². The third-order valence-electron chi connectivity index (χ3n) is 3.69. The average Bonchev–Trinajstić information content (AvgIpc) is 2.81. The third-order valence-corrected chi connectivity index (χ3v) is 4.28. The molecule has 0 aromatic heterocycles. The van der Waals surface area contributed by atoms with Crippen molar-refractivity contribution >= 4 is 29.1 Å². The highest BCUT2D eigenvalue weighted by Crippen LogP contribution is 2.39. The van der Waals surface area contributed by atoms with Gasteiger partial charge in [-0.15, -0.1) is 0 Å². The highest BCUT2D eigenvalue weighted by Gasteiger charge is 2.30. The van der Waals surface area contributed by atoms with Gasteiger partial charge in [0.2, 0.25) is 5.78 Å². The van der Waals surface area contributed by atoms with E-state index in [1.807, 2.05) is 6.92 Å². The molecule has 23 heavy (non-hydrogen) atoms. The van der Waals surface area contributed by atoms with Crippen molar-refractivity contribution in [2.24, 2.45) is 0 Å². The van der Waals surface area contributed by atoms with E-state index >= 15 is 0 Å². The number of aryl methyl sites for hydroxylation is 1. The molecule has 0 N–H and O–H groups in total. The lowest BCUT2D eigenvalue weighted by atomic mass is 10.0. The second-order valence-electron chi connectivity index (χ2n) is 5.30. The number of halogens is 1. The number of nitrogens with zero attached hydrogens (tertiary/aromatic N) is 1. The molecule has 2 aromatic rings. The van der Waals surface area contributed by atoms with Gasteiger partial charge in [0.25, 0.3) is 5.69 Å². The maximum Gasteiger partial charge on any atom is 0.270 e. The number of rotatable bonds is 2. The van der Waals surface area contributed by atoms with Gasteiger partial charge in [0.05, 0.1) is 10.5 Å². The van der Waals surface area contributed by atoms with E-state index in [0.29, 0.717) is 27.5 Å². The smallest absolute Gasteiger partial charge is 0.270 e. The van der Waals surface area contributed by atoms with Crippen molar-refractivity contribution in [2.45, 2.75) is 13.8 Å². The van der Waals surface area contributed by atoms with E-state index in [0.717, 1.165) is 5.56 Å². The number of hydrogen-bond donors (Lipinski definition) is 0. The van der Waals surface area contributed by atoms with Gasteiger partial charge in [-0.2, -0.15) is 0 Å². The van der Waals surface area contributed by atoms with Crippen LogP contribution in [0.5, 0.6) is 5.75 Å². The number of non-ortho nitro benzene ring substituents is 1. The molecule has 0 unspecified atom stereocenters. The molecule has 5 nitrogen and oxygen atoms in total. The zero-order chi connectivity index (χ0) is 16.7. The van der Waals surface area contributed by atoms with Crippen molar-refractivity contribution in [3.63, 3.8) is 0 Å². The second-order valence-corrected chi connectivity index (χ2v) is 5.68. The topological polar surface area (TPSA) is 69.4 Å². The van der Waals surface area contributed by atoms with E-state index in [1.54, 1.807) is 25.1 Å². The molecule has 0 aliphatic carbocycles. The van der Waals surface area contributed by atoms with E-state index < -0.39 is 4.92 Å². The zero-order valence-corrected chi connectivity index (χ0v) is 13.2. The largest absolute Gasteiger partial charge is 0.452 e. The van der Waals surface area contributed by atoms with Gasteiger partial charge in [0, 0.05) is 17.2 Å². The van der Waals surface area contributed by atoms with E-state index in [1.165, 1.54) is 18.2 Å². The van der Waals surface area contributed by atoms with Gasteiger partial charge in [-0.3, -0.25) is 14.9 Å². The molecule has 0 atom stereocenters. The lowest BCUT2D eigenvalue weighted by Gasteiger charge is -2.05. The Kier molecular flexibility index (Phi) is 3.66. The summed E-state index contributed by atoms with van der Waals surface area (Å²) in [6.45, 7) is 3.61. The summed E-state index contributed by atoms with van der Waals surface area (Å²) in [7, 11) is 0. The molecule has 1 aliphatic rings. The van der Waals surface area contributed by atoms with Crippen molar-refractivity contribution in [3.05, 3.63) is 73.5 Å². The van der Waals surface area contributed by atoms with Gasteiger partial charge in [0.15, 0.2) is 5.76 Å². The van der Waals surface area contributed by atoms with Crippen LogP contribution in [0.3, 0.4) is 0 Å². The quantitative estimate of drug-likeness (QED) is 0.462. The number of fused-ring (bicyclic) bond motifs is 1. The Morgan fingerprint density at radius 2 is 2.00 bits per heavy atom. The van der Waals surface area contributed by atoms with Crippen LogP contribution in [-0.2, 0) is 0 Å². The van der Waals surface area contributed by atoms with Crippen LogP contribution >= 0.6 is 11.6 Å². The fraction of sp³-hybridized carbons (Fsp3) is 0.118. The molecule has 0 radical (unpaired) electrons. The van der Waals surface area contributed by atoms with Crippen LogP contribution in [0.2, 0.25) is 5.02 Å². The molecule has 6 heteroatoms. The number of carbonyl (C=O) groups excluding carboxylic acids is 1. The minimum Gasteiger partial charge on any atom is -0.452 e. The van der Waals surface area contributed by atoms with E-state index in [2.05, 4.69) is 0 Å². The summed E-state index contributed by atoms with van der Waals surface area (Å²) in [5.41, 5.74) is 2.42. The summed E-state index contributed by atoms with van der Waals surface area (Å²) >= 11 is 6.19. The number of allylic oxidation sites excluding steroid dienone is 1. The molecule has 0 fully saturated rings. The molecule has 0 spiro atoms. The molecule has 1 heterocycles. The predicted molar refractivity (Wildman–Crippen MR) is 87.0 cm³/mol. The first kappa shape index (κ1) is 15.2. The summed E-state index contributed by atoms with van der Waals surface area (Å²) in [5, 5.41) is 11.4.